The lowest BCUT2D eigenvalue weighted by molar-refractivity contribution is -0.147. The standard InChI is InChI=1S/C7H14ClNO3/c1-3-11-6(10)5-7(8,9)12-4-2/h3-5,9H2,1-2H3. The smallest absolute Gasteiger partial charge is 0.311 e. The molecule has 0 radical (unpaired) electrons. The third-order valence-corrected chi connectivity index (χ3v) is 1.32. The Morgan fingerprint density at radius 1 is 1.50 bits per heavy atom. The second kappa shape index (κ2) is 5.35. The van der Waals surface area contributed by atoms with Gasteiger partial charge in [-0.3, -0.25) is 10.5 Å². The van der Waals surface area contributed by atoms with Crippen LogP contribution < -0.4 is 5.73 Å². The van der Waals surface area contributed by atoms with Crippen LogP contribution in [0.15, 0.2) is 0 Å². The van der Waals surface area contributed by atoms with E-state index in [4.69, 9.17) is 22.1 Å². The van der Waals surface area contributed by atoms with Gasteiger partial charge in [0, 0.05) is 6.61 Å². The van der Waals surface area contributed by atoms with Crippen molar-refractivity contribution in [1.29, 1.82) is 0 Å². The van der Waals surface area contributed by atoms with Gasteiger partial charge in [-0.15, -0.1) is 0 Å². The Balaban J connectivity index is 3.79. The van der Waals surface area contributed by atoms with Crippen molar-refractivity contribution in [3.8, 4) is 0 Å². The van der Waals surface area contributed by atoms with E-state index in [2.05, 4.69) is 4.74 Å². The molecule has 0 fully saturated rings. The molecule has 0 spiro atoms. The Bertz CT molecular complexity index is 150. The predicted molar refractivity (Wildman–Crippen MR) is 45.6 cm³/mol. The maximum absolute atomic E-state index is 10.9. The highest BCUT2D eigenvalue weighted by Crippen LogP contribution is 2.14. The molecule has 0 rings (SSSR count). The van der Waals surface area contributed by atoms with E-state index < -0.39 is 11.2 Å². The number of carbonyl (C=O) groups excluding carboxylic acids is 1. The van der Waals surface area contributed by atoms with Gasteiger partial charge in [-0.2, -0.15) is 0 Å². The van der Waals surface area contributed by atoms with Gasteiger partial charge in [0.15, 0.2) is 0 Å². The number of alkyl halides is 1. The van der Waals surface area contributed by atoms with Crippen molar-refractivity contribution in [2.45, 2.75) is 25.5 Å². The summed E-state index contributed by atoms with van der Waals surface area (Å²) in [6, 6.07) is 0. The molecule has 1 unspecified atom stereocenters. The molecule has 0 saturated carbocycles. The quantitative estimate of drug-likeness (QED) is 0.306. The van der Waals surface area contributed by atoms with E-state index in [1.807, 2.05) is 0 Å². The van der Waals surface area contributed by atoms with E-state index in [0.717, 1.165) is 0 Å². The van der Waals surface area contributed by atoms with Crippen LogP contribution in [0.3, 0.4) is 0 Å². The van der Waals surface area contributed by atoms with Gasteiger partial charge in [-0.05, 0) is 13.8 Å². The molecule has 0 bridgehead atoms. The fourth-order valence-electron chi connectivity index (χ4n) is 0.700. The Labute approximate surface area is 77.0 Å². The van der Waals surface area contributed by atoms with Crippen LogP contribution >= 0.6 is 11.6 Å². The third-order valence-electron chi connectivity index (χ3n) is 1.07. The number of hydrogen-bond donors (Lipinski definition) is 1. The number of nitrogens with two attached hydrogens (primary N) is 1. The molecule has 12 heavy (non-hydrogen) atoms. The van der Waals surface area contributed by atoms with Crippen LogP contribution in [0.1, 0.15) is 20.3 Å². The van der Waals surface area contributed by atoms with Crippen LogP contribution in [0.2, 0.25) is 0 Å². The van der Waals surface area contributed by atoms with E-state index in [1.165, 1.54) is 0 Å². The molecule has 4 nitrogen and oxygen atoms in total. The van der Waals surface area contributed by atoms with Crippen LogP contribution in [0.5, 0.6) is 0 Å². The first-order valence-corrected chi connectivity index (χ1v) is 4.17. The molecule has 0 amide bonds. The highest BCUT2D eigenvalue weighted by atomic mass is 35.5. The third kappa shape index (κ3) is 5.35. The zero-order valence-electron chi connectivity index (χ0n) is 7.30. The SMILES string of the molecule is CCOC(=O)CC(N)(Cl)OCC. The minimum absolute atomic E-state index is 0.143. The highest BCUT2D eigenvalue weighted by Gasteiger charge is 2.26. The fourth-order valence-corrected chi connectivity index (χ4v) is 0.918. The second-order valence-corrected chi connectivity index (χ2v) is 2.84. The van der Waals surface area contributed by atoms with Gasteiger partial charge in [-0.1, -0.05) is 11.6 Å². The van der Waals surface area contributed by atoms with Crippen LogP contribution in [0.25, 0.3) is 0 Å². The van der Waals surface area contributed by atoms with Gasteiger partial charge >= 0.3 is 5.97 Å². The largest absolute Gasteiger partial charge is 0.466 e. The Kier molecular flexibility index (Phi) is 5.20. The van der Waals surface area contributed by atoms with Crippen LogP contribution in [-0.4, -0.2) is 24.4 Å². The van der Waals surface area contributed by atoms with E-state index in [1.54, 1.807) is 13.8 Å². The lowest BCUT2D eigenvalue weighted by Crippen LogP contribution is -2.39. The first-order chi connectivity index (χ1) is 5.52. The van der Waals surface area contributed by atoms with Crippen molar-refractivity contribution in [3.63, 3.8) is 0 Å². The van der Waals surface area contributed by atoms with Crippen molar-refractivity contribution in [1.82, 2.24) is 0 Å². The van der Waals surface area contributed by atoms with Gasteiger partial charge < -0.3 is 9.47 Å². The minimum atomic E-state index is -1.43. The summed E-state index contributed by atoms with van der Waals surface area (Å²) in [5.74, 6) is -0.455. The van der Waals surface area contributed by atoms with E-state index >= 15 is 0 Å². The average molecular weight is 196 g/mol. The number of ether oxygens (including phenoxy) is 2. The van der Waals surface area contributed by atoms with E-state index in [0.29, 0.717) is 13.2 Å². The molecule has 0 aliphatic rings. The summed E-state index contributed by atoms with van der Waals surface area (Å²) in [6.45, 7) is 4.14. The Morgan fingerprint density at radius 2 is 2.08 bits per heavy atom. The molecular formula is C7H14ClNO3. The first-order valence-electron chi connectivity index (χ1n) is 3.79. The summed E-state index contributed by atoms with van der Waals surface area (Å²) in [5, 5.41) is -1.43. The summed E-state index contributed by atoms with van der Waals surface area (Å²) in [5.41, 5.74) is 5.40. The van der Waals surface area contributed by atoms with E-state index in [-0.39, 0.29) is 6.42 Å². The predicted octanol–water partition coefficient (Wildman–Crippen LogP) is 0.827. The maximum Gasteiger partial charge on any atom is 0.311 e. The van der Waals surface area contributed by atoms with Crippen LogP contribution in [-0.2, 0) is 14.3 Å². The van der Waals surface area contributed by atoms with Gasteiger partial charge in [-0.25, -0.2) is 0 Å². The van der Waals surface area contributed by atoms with Gasteiger partial charge in [0.25, 0.3) is 0 Å². The maximum atomic E-state index is 10.9. The van der Waals surface area contributed by atoms with Crippen molar-refractivity contribution in [2.24, 2.45) is 5.73 Å². The first kappa shape index (κ1) is 11.7. The number of carbonyl (C=O) groups is 1. The molecule has 72 valence electrons. The zero-order valence-corrected chi connectivity index (χ0v) is 8.06. The molecular weight excluding hydrogens is 182 g/mol. The second-order valence-electron chi connectivity index (χ2n) is 2.20. The molecule has 5 heteroatoms. The molecule has 2 N–H and O–H groups in total. The molecule has 0 saturated heterocycles. The Hall–Kier alpha value is -0.320. The summed E-state index contributed by atoms with van der Waals surface area (Å²) >= 11 is 5.62. The van der Waals surface area contributed by atoms with Crippen molar-refractivity contribution >= 4 is 17.6 Å². The van der Waals surface area contributed by atoms with Crippen molar-refractivity contribution in [2.75, 3.05) is 13.2 Å². The molecule has 0 aromatic heterocycles. The topological polar surface area (TPSA) is 61.5 Å². The summed E-state index contributed by atoms with van der Waals surface area (Å²) in [7, 11) is 0. The van der Waals surface area contributed by atoms with E-state index in [9.17, 15) is 4.79 Å². The monoisotopic (exact) mass is 195 g/mol. The van der Waals surface area contributed by atoms with Crippen molar-refractivity contribution < 1.29 is 14.3 Å². The number of hydrogen-bond acceptors (Lipinski definition) is 4. The molecule has 0 aliphatic carbocycles. The van der Waals surface area contributed by atoms with Gasteiger partial charge in [0.1, 0.15) is 6.42 Å². The normalized spacial score (nSPS) is 15.3. The van der Waals surface area contributed by atoms with Crippen molar-refractivity contribution in [3.05, 3.63) is 0 Å². The van der Waals surface area contributed by atoms with Gasteiger partial charge in [0.2, 0.25) is 5.18 Å². The lowest BCUT2D eigenvalue weighted by Gasteiger charge is -2.20. The molecule has 0 aromatic carbocycles. The summed E-state index contributed by atoms with van der Waals surface area (Å²) in [4.78, 5) is 10.9. The van der Waals surface area contributed by atoms with Gasteiger partial charge in [0.05, 0.1) is 6.61 Å². The number of rotatable bonds is 5. The highest BCUT2D eigenvalue weighted by molar-refractivity contribution is 6.23. The molecule has 0 heterocycles. The minimum Gasteiger partial charge on any atom is -0.466 e. The van der Waals surface area contributed by atoms with Crippen LogP contribution in [0, 0.1) is 0 Å². The molecule has 0 aliphatic heterocycles. The zero-order chi connectivity index (χ0) is 9.61. The summed E-state index contributed by atoms with van der Waals surface area (Å²) < 4.78 is 9.53. The average Bonchev–Trinajstić information content (AvgIpc) is 1.85. The number of esters is 1. The van der Waals surface area contributed by atoms with Crippen LogP contribution in [0.4, 0.5) is 0 Å². The molecule has 0 aromatic rings. The number of halogens is 1. The fraction of sp³-hybridized carbons (Fsp3) is 0.857. The Morgan fingerprint density at radius 3 is 2.50 bits per heavy atom. The lowest BCUT2D eigenvalue weighted by atomic mass is 10.4. The summed E-state index contributed by atoms with van der Waals surface area (Å²) in [6.07, 6.45) is -0.143. The molecule has 1 atom stereocenters.